The number of hydrogen-bond donors (Lipinski definition) is 3. The normalized spacial score (nSPS) is 10.3. The summed E-state index contributed by atoms with van der Waals surface area (Å²) >= 11 is 0. The SMILES string of the molecule is Cc1ccc(C(=O)NCc2ccccc2CN)cc1O. The predicted molar refractivity (Wildman–Crippen MR) is 78.3 cm³/mol. The van der Waals surface area contributed by atoms with Gasteiger partial charge in [-0.15, -0.1) is 0 Å². The molecule has 104 valence electrons. The van der Waals surface area contributed by atoms with E-state index in [4.69, 9.17) is 5.73 Å². The Hall–Kier alpha value is -2.33. The highest BCUT2D eigenvalue weighted by Crippen LogP contribution is 2.17. The van der Waals surface area contributed by atoms with Crippen molar-refractivity contribution in [3.05, 3.63) is 64.7 Å². The van der Waals surface area contributed by atoms with Gasteiger partial charge in [0.2, 0.25) is 0 Å². The molecule has 4 N–H and O–H groups in total. The molecule has 0 spiro atoms. The molecule has 1 amide bonds. The molecule has 0 heterocycles. The van der Waals surface area contributed by atoms with Crippen molar-refractivity contribution >= 4 is 5.91 Å². The topological polar surface area (TPSA) is 75.4 Å². The van der Waals surface area contributed by atoms with Crippen molar-refractivity contribution in [3.8, 4) is 5.75 Å². The number of hydrogen-bond acceptors (Lipinski definition) is 3. The molecule has 0 bridgehead atoms. The van der Waals surface area contributed by atoms with Crippen LogP contribution in [0.15, 0.2) is 42.5 Å². The summed E-state index contributed by atoms with van der Waals surface area (Å²) in [7, 11) is 0. The first-order valence-corrected chi connectivity index (χ1v) is 6.46. The first-order chi connectivity index (χ1) is 9.61. The number of rotatable bonds is 4. The van der Waals surface area contributed by atoms with Gasteiger partial charge < -0.3 is 16.2 Å². The van der Waals surface area contributed by atoms with Gasteiger partial charge in [-0.1, -0.05) is 30.3 Å². The Kier molecular flexibility index (Phi) is 4.38. The molecule has 0 aliphatic heterocycles. The van der Waals surface area contributed by atoms with E-state index >= 15 is 0 Å². The van der Waals surface area contributed by atoms with Gasteiger partial charge in [0.15, 0.2) is 0 Å². The number of phenolic OH excluding ortho intramolecular Hbond substituents is 1. The van der Waals surface area contributed by atoms with E-state index in [2.05, 4.69) is 5.32 Å². The minimum Gasteiger partial charge on any atom is -0.508 e. The van der Waals surface area contributed by atoms with Gasteiger partial charge in [0.25, 0.3) is 5.91 Å². The lowest BCUT2D eigenvalue weighted by Crippen LogP contribution is -2.23. The number of carbonyl (C=O) groups excluding carboxylic acids is 1. The van der Waals surface area contributed by atoms with E-state index in [0.29, 0.717) is 18.7 Å². The largest absolute Gasteiger partial charge is 0.508 e. The fourth-order valence-corrected chi connectivity index (χ4v) is 1.96. The number of aryl methyl sites for hydroxylation is 1. The fraction of sp³-hybridized carbons (Fsp3) is 0.188. The minimum atomic E-state index is -0.216. The Morgan fingerprint density at radius 2 is 1.90 bits per heavy atom. The van der Waals surface area contributed by atoms with Gasteiger partial charge in [0, 0.05) is 18.7 Å². The molecule has 2 aromatic carbocycles. The molecule has 0 fully saturated rings. The van der Waals surface area contributed by atoms with E-state index in [0.717, 1.165) is 16.7 Å². The highest BCUT2D eigenvalue weighted by Gasteiger charge is 2.08. The van der Waals surface area contributed by atoms with Crippen LogP contribution in [-0.2, 0) is 13.1 Å². The monoisotopic (exact) mass is 270 g/mol. The Labute approximate surface area is 118 Å². The number of amides is 1. The average Bonchev–Trinajstić information content (AvgIpc) is 2.47. The van der Waals surface area contributed by atoms with Crippen LogP contribution in [0.25, 0.3) is 0 Å². The number of phenols is 1. The molecule has 0 saturated carbocycles. The van der Waals surface area contributed by atoms with E-state index in [9.17, 15) is 9.90 Å². The Morgan fingerprint density at radius 1 is 1.20 bits per heavy atom. The van der Waals surface area contributed by atoms with E-state index in [1.807, 2.05) is 24.3 Å². The Morgan fingerprint density at radius 3 is 2.55 bits per heavy atom. The van der Waals surface area contributed by atoms with Crippen LogP contribution in [0.1, 0.15) is 27.0 Å². The van der Waals surface area contributed by atoms with Gasteiger partial charge >= 0.3 is 0 Å². The van der Waals surface area contributed by atoms with Crippen LogP contribution in [-0.4, -0.2) is 11.0 Å². The van der Waals surface area contributed by atoms with Crippen molar-refractivity contribution in [2.75, 3.05) is 0 Å². The van der Waals surface area contributed by atoms with Gasteiger partial charge in [-0.3, -0.25) is 4.79 Å². The van der Waals surface area contributed by atoms with Crippen LogP contribution in [0, 0.1) is 6.92 Å². The highest BCUT2D eigenvalue weighted by atomic mass is 16.3. The van der Waals surface area contributed by atoms with Crippen molar-refractivity contribution in [2.24, 2.45) is 5.73 Å². The smallest absolute Gasteiger partial charge is 0.251 e. The van der Waals surface area contributed by atoms with Crippen LogP contribution in [0.5, 0.6) is 5.75 Å². The molecule has 0 radical (unpaired) electrons. The zero-order valence-electron chi connectivity index (χ0n) is 11.4. The summed E-state index contributed by atoms with van der Waals surface area (Å²) in [4.78, 5) is 12.0. The van der Waals surface area contributed by atoms with Gasteiger partial charge in [-0.05, 0) is 35.7 Å². The summed E-state index contributed by atoms with van der Waals surface area (Å²) in [6.45, 7) is 2.65. The van der Waals surface area contributed by atoms with Gasteiger partial charge in [-0.2, -0.15) is 0 Å². The lowest BCUT2D eigenvalue weighted by atomic mass is 10.1. The van der Waals surface area contributed by atoms with Crippen molar-refractivity contribution < 1.29 is 9.90 Å². The summed E-state index contributed by atoms with van der Waals surface area (Å²) in [5, 5.41) is 12.5. The maximum atomic E-state index is 12.0. The van der Waals surface area contributed by atoms with E-state index in [1.165, 1.54) is 6.07 Å². The second kappa shape index (κ2) is 6.21. The summed E-state index contributed by atoms with van der Waals surface area (Å²) in [5.74, 6) is -0.0906. The minimum absolute atomic E-state index is 0.125. The molecule has 20 heavy (non-hydrogen) atoms. The molecule has 0 unspecified atom stereocenters. The maximum Gasteiger partial charge on any atom is 0.251 e. The quantitative estimate of drug-likeness (QED) is 0.796. The second-order valence-corrected chi connectivity index (χ2v) is 4.66. The number of carbonyl (C=O) groups is 1. The summed E-state index contributed by atoms with van der Waals surface area (Å²) < 4.78 is 0. The lowest BCUT2D eigenvalue weighted by Gasteiger charge is -2.10. The number of benzene rings is 2. The molecular formula is C16H18N2O2. The molecule has 0 atom stereocenters. The summed E-state index contributed by atoms with van der Waals surface area (Å²) in [5.41, 5.74) is 8.86. The van der Waals surface area contributed by atoms with Crippen LogP contribution >= 0.6 is 0 Å². The van der Waals surface area contributed by atoms with Crippen molar-refractivity contribution in [3.63, 3.8) is 0 Å². The number of aromatic hydroxyl groups is 1. The van der Waals surface area contributed by atoms with Gasteiger partial charge in [0.05, 0.1) is 0 Å². The Bertz CT molecular complexity index is 624. The molecule has 0 aromatic heterocycles. The van der Waals surface area contributed by atoms with Gasteiger partial charge in [0.1, 0.15) is 5.75 Å². The predicted octanol–water partition coefficient (Wildman–Crippen LogP) is 2.09. The van der Waals surface area contributed by atoms with Crippen LogP contribution in [0.4, 0.5) is 0 Å². The Balaban J connectivity index is 2.06. The molecule has 0 aliphatic rings. The molecule has 4 heteroatoms. The molecule has 0 saturated heterocycles. The van der Waals surface area contributed by atoms with Crippen LogP contribution < -0.4 is 11.1 Å². The zero-order valence-corrected chi connectivity index (χ0v) is 11.4. The number of nitrogens with one attached hydrogen (secondary N) is 1. The molecular weight excluding hydrogens is 252 g/mol. The highest BCUT2D eigenvalue weighted by molar-refractivity contribution is 5.94. The van der Waals surface area contributed by atoms with Crippen molar-refractivity contribution in [2.45, 2.75) is 20.0 Å². The van der Waals surface area contributed by atoms with E-state index < -0.39 is 0 Å². The third-order valence-electron chi connectivity index (χ3n) is 3.25. The zero-order chi connectivity index (χ0) is 14.5. The van der Waals surface area contributed by atoms with Crippen molar-refractivity contribution in [1.29, 1.82) is 0 Å². The van der Waals surface area contributed by atoms with Gasteiger partial charge in [-0.25, -0.2) is 0 Å². The van der Waals surface area contributed by atoms with Crippen LogP contribution in [0.3, 0.4) is 0 Å². The average molecular weight is 270 g/mol. The first-order valence-electron chi connectivity index (χ1n) is 6.46. The molecule has 2 aromatic rings. The molecule has 2 rings (SSSR count). The number of nitrogens with two attached hydrogens (primary N) is 1. The van der Waals surface area contributed by atoms with E-state index in [1.54, 1.807) is 19.1 Å². The fourth-order valence-electron chi connectivity index (χ4n) is 1.96. The lowest BCUT2D eigenvalue weighted by molar-refractivity contribution is 0.0950. The summed E-state index contributed by atoms with van der Waals surface area (Å²) in [6, 6.07) is 12.6. The molecule has 4 nitrogen and oxygen atoms in total. The van der Waals surface area contributed by atoms with E-state index in [-0.39, 0.29) is 11.7 Å². The first kappa shape index (κ1) is 14.1. The second-order valence-electron chi connectivity index (χ2n) is 4.66. The van der Waals surface area contributed by atoms with Crippen molar-refractivity contribution in [1.82, 2.24) is 5.32 Å². The van der Waals surface area contributed by atoms with Crippen LogP contribution in [0.2, 0.25) is 0 Å². The maximum absolute atomic E-state index is 12.0. The summed E-state index contributed by atoms with van der Waals surface area (Å²) in [6.07, 6.45) is 0. The standard InChI is InChI=1S/C16H18N2O2/c1-11-6-7-12(8-15(11)19)16(20)18-10-14-5-3-2-4-13(14)9-17/h2-8,19H,9-10,17H2,1H3,(H,18,20). The third-order valence-corrected chi connectivity index (χ3v) is 3.25. The molecule has 0 aliphatic carbocycles. The third kappa shape index (κ3) is 3.16.